The van der Waals surface area contributed by atoms with Gasteiger partial charge in [-0.25, -0.2) is 9.97 Å². The maximum atomic E-state index is 5.78. The van der Waals surface area contributed by atoms with E-state index in [2.05, 4.69) is 15.3 Å². The quantitative estimate of drug-likeness (QED) is 0.890. The average molecular weight is 243 g/mol. The molecule has 0 saturated heterocycles. The van der Waals surface area contributed by atoms with Crippen LogP contribution in [0.15, 0.2) is 18.6 Å². The van der Waals surface area contributed by atoms with Crippen LogP contribution in [0.3, 0.4) is 0 Å². The fourth-order valence-corrected chi connectivity index (χ4v) is 2.14. The molecular formula is C9H11ClN4S. The van der Waals surface area contributed by atoms with Crippen LogP contribution in [0, 0.1) is 0 Å². The van der Waals surface area contributed by atoms with E-state index in [-0.39, 0.29) is 0 Å². The van der Waals surface area contributed by atoms with Crippen molar-refractivity contribution in [3.63, 3.8) is 0 Å². The number of aryl methyl sites for hydroxylation is 1. The summed E-state index contributed by atoms with van der Waals surface area (Å²) >= 11 is 7.27. The number of imidazole rings is 1. The Kier molecular flexibility index (Phi) is 3.35. The SMILES string of the molecule is Cn1ccnc1CNCc1ncc(Cl)s1. The highest BCUT2D eigenvalue weighted by molar-refractivity contribution is 7.15. The van der Waals surface area contributed by atoms with Gasteiger partial charge in [0.2, 0.25) is 0 Å². The summed E-state index contributed by atoms with van der Waals surface area (Å²) in [6, 6.07) is 0. The van der Waals surface area contributed by atoms with E-state index in [0.29, 0.717) is 0 Å². The maximum absolute atomic E-state index is 5.78. The first-order valence-electron chi connectivity index (χ1n) is 4.53. The fourth-order valence-electron chi connectivity index (χ4n) is 1.22. The zero-order valence-electron chi connectivity index (χ0n) is 8.27. The summed E-state index contributed by atoms with van der Waals surface area (Å²) in [6.45, 7) is 1.46. The zero-order valence-corrected chi connectivity index (χ0v) is 9.85. The van der Waals surface area contributed by atoms with Crippen molar-refractivity contribution in [1.29, 1.82) is 0 Å². The fraction of sp³-hybridized carbons (Fsp3) is 0.333. The first-order valence-corrected chi connectivity index (χ1v) is 5.72. The number of aromatic nitrogens is 3. The molecule has 4 nitrogen and oxygen atoms in total. The Morgan fingerprint density at radius 3 is 2.93 bits per heavy atom. The third kappa shape index (κ3) is 2.77. The summed E-state index contributed by atoms with van der Waals surface area (Å²) in [7, 11) is 1.98. The van der Waals surface area contributed by atoms with Crippen LogP contribution in [0.2, 0.25) is 4.34 Å². The molecule has 0 unspecified atom stereocenters. The Morgan fingerprint density at radius 1 is 1.47 bits per heavy atom. The Hall–Kier alpha value is -0.910. The molecule has 2 aromatic rings. The van der Waals surface area contributed by atoms with Gasteiger partial charge in [0, 0.05) is 26.0 Å². The molecule has 0 atom stereocenters. The van der Waals surface area contributed by atoms with Crippen molar-refractivity contribution in [2.75, 3.05) is 0 Å². The summed E-state index contributed by atoms with van der Waals surface area (Å²) < 4.78 is 2.71. The summed E-state index contributed by atoms with van der Waals surface area (Å²) in [6.07, 6.45) is 5.39. The van der Waals surface area contributed by atoms with Gasteiger partial charge in [-0.15, -0.1) is 11.3 Å². The van der Waals surface area contributed by atoms with Crippen LogP contribution in [0.5, 0.6) is 0 Å². The molecular weight excluding hydrogens is 232 g/mol. The number of nitrogens with zero attached hydrogens (tertiary/aromatic N) is 3. The first-order chi connectivity index (χ1) is 7.25. The number of hydrogen-bond donors (Lipinski definition) is 1. The molecule has 2 aromatic heterocycles. The van der Waals surface area contributed by atoms with Crippen molar-refractivity contribution in [2.45, 2.75) is 13.1 Å². The lowest BCUT2D eigenvalue weighted by Crippen LogP contribution is -2.15. The molecule has 0 amide bonds. The van der Waals surface area contributed by atoms with Crippen molar-refractivity contribution in [3.05, 3.63) is 33.8 Å². The zero-order chi connectivity index (χ0) is 10.7. The molecule has 15 heavy (non-hydrogen) atoms. The lowest BCUT2D eigenvalue weighted by atomic mass is 10.5. The minimum absolute atomic E-state index is 0.726. The summed E-state index contributed by atoms with van der Waals surface area (Å²) in [4.78, 5) is 8.36. The van der Waals surface area contributed by atoms with Gasteiger partial charge in [-0.1, -0.05) is 11.6 Å². The highest BCUT2D eigenvalue weighted by atomic mass is 35.5. The lowest BCUT2D eigenvalue weighted by molar-refractivity contribution is 0.637. The minimum atomic E-state index is 0.726. The highest BCUT2D eigenvalue weighted by Crippen LogP contribution is 2.17. The molecule has 6 heteroatoms. The molecule has 0 aliphatic rings. The van der Waals surface area contributed by atoms with E-state index in [4.69, 9.17) is 11.6 Å². The van der Waals surface area contributed by atoms with Crippen LogP contribution in [0.4, 0.5) is 0 Å². The van der Waals surface area contributed by atoms with Gasteiger partial charge in [0.25, 0.3) is 0 Å². The summed E-state index contributed by atoms with van der Waals surface area (Å²) in [5, 5.41) is 4.26. The second kappa shape index (κ2) is 4.74. The summed E-state index contributed by atoms with van der Waals surface area (Å²) in [5.74, 6) is 1.01. The molecule has 0 radical (unpaired) electrons. The van der Waals surface area contributed by atoms with E-state index in [1.807, 2.05) is 17.8 Å². The average Bonchev–Trinajstić information content (AvgIpc) is 2.77. The first kappa shape index (κ1) is 10.6. The molecule has 0 aromatic carbocycles. The van der Waals surface area contributed by atoms with Crippen LogP contribution in [-0.4, -0.2) is 14.5 Å². The van der Waals surface area contributed by atoms with Crippen LogP contribution >= 0.6 is 22.9 Å². The number of nitrogens with one attached hydrogen (secondary N) is 1. The van der Waals surface area contributed by atoms with E-state index >= 15 is 0 Å². The molecule has 0 aliphatic carbocycles. The molecule has 0 saturated carbocycles. The third-order valence-electron chi connectivity index (χ3n) is 2.01. The number of halogens is 1. The van der Waals surface area contributed by atoms with Crippen molar-refractivity contribution < 1.29 is 0 Å². The van der Waals surface area contributed by atoms with Crippen LogP contribution in [0.1, 0.15) is 10.8 Å². The number of thiazole rings is 1. The molecule has 0 bridgehead atoms. The largest absolute Gasteiger partial charge is 0.337 e. The van der Waals surface area contributed by atoms with Crippen LogP contribution < -0.4 is 5.32 Å². The van der Waals surface area contributed by atoms with Gasteiger partial charge >= 0.3 is 0 Å². The topological polar surface area (TPSA) is 42.7 Å². The molecule has 2 heterocycles. The van der Waals surface area contributed by atoms with Gasteiger partial charge in [0.15, 0.2) is 0 Å². The molecule has 2 rings (SSSR count). The van der Waals surface area contributed by atoms with Crippen molar-refractivity contribution >= 4 is 22.9 Å². The standard InChI is InChI=1S/C9H11ClN4S/c1-14-3-2-12-8(14)5-11-6-9-13-4-7(10)15-9/h2-4,11H,5-6H2,1H3. The van der Waals surface area contributed by atoms with Gasteiger partial charge in [0.1, 0.15) is 15.2 Å². The highest BCUT2D eigenvalue weighted by Gasteiger charge is 2.01. The van der Waals surface area contributed by atoms with Gasteiger partial charge < -0.3 is 9.88 Å². The van der Waals surface area contributed by atoms with Crippen molar-refractivity contribution in [2.24, 2.45) is 7.05 Å². The van der Waals surface area contributed by atoms with Crippen molar-refractivity contribution in [3.8, 4) is 0 Å². The second-order valence-corrected chi connectivity index (χ2v) is 4.86. The van der Waals surface area contributed by atoms with Gasteiger partial charge in [-0.2, -0.15) is 0 Å². The Balaban J connectivity index is 1.83. The van der Waals surface area contributed by atoms with Crippen molar-refractivity contribution in [1.82, 2.24) is 19.9 Å². The molecule has 0 spiro atoms. The van der Waals surface area contributed by atoms with E-state index in [1.165, 1.54) is 11.3 Å². The van der Waals surface area contributed by atoms with Gasteiger partial charge in [-0.05, 0) is 0 Å². The predicted molar refractivity (Wildman–Crippen MR) is 60.9 cm³/mol. The number of hydrogen-bond acceptors (Lipinski definition) is 4. The van der Waals surface area contributed by atoms with E-state index in [9.17, 15) is 0 Å². The monoisotopic (exact) mass is 242 g/mol. The maximum Gasteiger partial charge on any atom is 0.122 e. The third-order valence-corrected chi connectivity index (χ3v) is 3.12. The lowest BCUT2D eigenvalue weighted by Gasteiger charge is -2.02. The van der Waals surface area contributed by atoms with Crippen LogP contribution in [-0.2, 0) is 20.1 Å². The Labute approximate surface area is 96.9 Å². The smallest absolute Gasteiger partial charge is 0.122 e. The van der Waals surface area contributed by atoms with E-state index in [0.717, 1.165) is 28.3 Å². The van der Waals surface area contributed by atoms with E-state index in [1.54, 1.807) is 12.4 Å². The number of rotatable bonds is 4. The predicted octanol–water partition coefficient (Wildman–Crippen LogP) is 1.82. The normalized spacial score (nSPS) is 10.8. The van der Waals surface area contributed by atoms with Gasteiger partial charge in [0.05, 0.1) is 12.7 Å². The summed E-state index contributed by atoms with van der Waals surface area (Å²) in [5.41, 5.74) is 0. The molecule has 0 fully saturated rings. The Bertz CT molecular complexity index is 437. The van der Waals surface area contributed by atoms with Gasteiger partial charge in [-0.3, -0.25) is 0 Å². The van der Waals surface area contributed by atoms with E-state index < -0.39 is 0 Å². The Morgan fingerprint density at radius 2 is 2.33 bits per heavy atom. The minimum Gasteiger partial charge on any atom is -0.337 e. The molecule has 80 valence electrons. The molecule has 0 aliphatic heterocycles. The molecule has 1 N–H and O–H groups in total. The second-order valence-electron chi connectivity index (χ2n) is 3.12. The van der Waals surface area contributed by atoms with Crippen LogP contribution in [0.25, 0.3) is 0 Å².